The van der Waals surface area contributed by atoms with E-state index < -0.39 is 0 Å². The second-order valence-corrected chi connectivity index (χ2v) is 11.8. The van der Waals surface area contributed by atoms with Crippen LogP contribution in [-0.4, -0.2) is 58.0 Å². The second kappa shape index (κ2) is 16.2. The molecule has 1 amide bonds. The summed E-state index contributed by atoms with van der Waals surface area (Å²) in [5, 5.41) is 18.8. The van der Waals surface area contributed by atoms with E-state index in [4.69, 9.17) is 10.4 Å². The number of carbonyl (C=O) groups excluding carboxylic acids is 1. The highest BCUT2D eigenvalue weighted by Gasteiger charge is 2.27. The Morgan fingerprint density at radius 3 is 2.24 bits per heavy atom. The predicted molar refractivity (Wildman–Crippen MR) is 180 cm³/mol. The minimum Gasteiger partial charge on any atom is -0.508 e. The molecule has 2 aliphatic heterocycles. The first kappa shape index (κ1) is 33.6. The SMILES string of the molecule is CCN1CCCCC1.CCc1cc(O)ccc1F.Cc1cc(C(=O)N2CCCC2C)c2cc(-c3ccc(C#N)cc3)ccc2n1. The average molecular weight is 609 g/mol. The number of pyridine rings is 1. The number of hydrogen-bond acceptors (Lipinski definition) is 5. The minimum absolute atomic E-state index is 0.0903. The van der Waals surface area contributed by atoms with Crippen molar-refractivity contribution in [2.45, 2.75) is 72.3 Å². The zero-order chi connectivity index (χ0) is 32.3. The Morgan fingerprint density at radius 2 is 1.67 bits per heavy atom. The fourth-order valence-corrected chi connectivity index (χ4v) is 5.95. The van der Waals surface area contributed by atoms with Crippen LogP contribution < -0.4 is 0 Å². The van der Waals surface area contributed by atoms with Crippen molar-refractivity contribution in [1.82, 2.24) is 14.8 Å². The summed E-state index contributed by atoms with van der Waals surface area (Å²) in [5.74, 6) is -0.0361. The van der Waals surface area contributed by atoms with Crippen LogP contribution in [0.25, 0.3) is 22.0 Å². The Balaban J connectivity index is 0.000000208. The van der Waals surface area contributed by atoms with Gasteiger partial charge in [0.15, 0.2) is 0 Å². The van der Waals surface area contributed by atoms with Gasteiger partial charge in [-0.3, -0.25) is 9.78 Å². The monoisotopic (exact) mass is 608 g/mol. The molecule has 4 aromatic rings. The van der Waals surface area contributed by atoms with Gasteiger partial charge in [-0.15, -0.1) is 0 Å². The highest BCUT2D eigenvalue weighted by molar-refractivity contribution is 6.07. The van der Waals surface area contributed by atoms with Gasteiger partial charge in [0, 0.05) is 23.7 Å². The molecule has 2 aliphatic rings. The maximum absolute atomic E-state index is 13.2. The molecule has 45 heavy (non-hydrogen) atoms. The Morgan fingerprint density at radius 1 is 0.956 bits per heavy atom. The van der Waals surface area contributed by atoms with Crippen LogP contribution in [0, 0.1) is 24.1 Å². The van der Waals surface area contributed by atoms with Crippen LogP contribution in [0.4, 0.5) is 4.39 Å². The number of benzene rings is 3. The van der Waals surface area contributed by atoms with E-state index in [1.165, 1.54) is 57.1 Å². The lowest BCUT2D eigenvalue weighted by atomic mass is 9.99. The summed E-state index contributed by atoms with van der Waals surface area (Å²) in [6.45, 7) is 12.9. The number of halogens is 1. The number of aryl methyl sites for hydroxylation is 2. The van der Waals surface area contributed by atoms with E-state index in [1.807, 2.05) is 67.3 Å². The van der Waals surface area contributed by atoms with E-state index in [9.17, 15) is 9.18 Å². The van der Waals surface area contributed by atoms with Crippen LogP contribution in [0.15, 0.2) is 66.7 Å². The van der Waals surface area contributed by atoms with Crippen LogP contribution in [0.1, 0.15) is 80.1 Å². The van der Waals surface area contributed by atoms with Crippen LogP contribution in [0.5, 0.6) is 5.75 Å². The Hall–Kier alpha value is -4.28. The molecule has 3 aromatic carbocycles. The van der Waals surface area contributed by atoms with Crippen molar-refractivity contribution < 1.29 is 14.3 Å². The van der Waals surface area contributed by atoms with Crippen LogP contribution >= 0.6 is 0 Å². The molecule has 0 bridgehead atoms. The molecular weight excluding hydrogens is 563 g/mol. The van der Waals surface area contributed by atoms with Crippen molar-refractivity contribution in [3.05, 3.63) is 94.9 Å². The summed E-state index contributed by atoms with van der Waals surface area (Å²) in [6.07, 6.45) is 7.04. The normalized spacial score (nSPS) is 16.3. The zero-order valence-corrected chi connectivity index (χ0v) is 27.0. The molecule has 1 aromatic heterocycles. The maximum atomic E-state index is 13.2. The van der Waals surface area contributed by atoms with Gasteiger partial charge in [-0.05, 0) is 131 Å². The summed E-state index contributed by atoms with van der Waals surface area (Å²) in [7, 11) is 0. The zero-order valence-electron chi connectivity index (χ0n) is 27.0. The molecule has 0 aliphatic carbocycles. The van der Waals surface area contributed by atoms with Crippen molar-refractivity contribution in [2.75, 3.05) is 26.2 Å². The summed E-state index contributed by atoms with van der Waals surface area (Å²) in [6, 6.07) is 21.9. The highest BCUT2D eigenvalue weighted by Crippen LogP contribution is 2.29. The van der Waals surface area contributed by atoms with Gasteiger partial charge in [-0.1, -0.05) is 38.5 Å². The van der Waals surface area contributed by atoms with Crippen molar-refractivity contribution in [3.63, 3.8) is 0 Å². The third-order valence-corrected chi connectivity index (χ3v) is 8.63. The number of phenols is 1. The lowest BCUT2D eigenvalue weighted by molar-refractivity contribution is 0.0749. The first-order chi connectivity index (χ1) is 21.7. The summed E-state index contributed by atoms with van der Waals surface area (Å²) < 4.78 is 12.7. The summed E-state index contributed by atoms with van der Waals surface area (Å²) in [5.41, 5.74) is 5.63. The van der Waals surface area contributed by atoms with Gasteiger partial charge in [0.2, 0.25) is 0 Å². The Kier molecular flexibility index (Phi) is 12.1. The van der Waals surface area contributed by atoms with Crippen molar-refractivity contribution >= 4 is 16.8 Å². The van der Waals surface area contributed by atoms with Crippen molar-refractivity contribution in [2.24, 2.45) is 0 Å². The first-order valence-corrected chi connectivity index (χ1v) is 16.2. The summed E-state index contributed by atoms with van der Waals surface area (Å²) in [4.78, 5) is 22.3. The molecule has 2 saturated heterocycles. The predicted octanol–water partition coefficient (Wildman–Crippen LogP) is 8.29. The molecule has 1 atom stereocenters. The molecule has 1 N–H and O–H groups in total. The Labute approximate surface area is 267 Å². The third kappa shape index (κ3) is 8.89. The number of nitrogens with zero attached hydrogens (tertiary/aromatic N) is 4. The lowest BCUT2D eigenvalue weighted by Crippen LogP contribution is -2.33. The number of fused-ring (bicyclic) bond motifs is 1. The molecule has 1 unspecified atom stereocenters. The van der Waals surface area contributed by atoms with E-state index >= 15 is 0 Å². The molecule has 3 heterocycles. The minimum atomic E-state index is -0.250. The van der Waals surface area contributed by atoms with Crippen LogP contribution in [0.2, 0.25) is 0 Å². The van der Waals surface area contributed by atoms with Crippen molar-refractivity contribution in [3.8, 4) is 22.9 Å². The third-order valence-electron chi connectivity index (χ3n) is 8.63. The fourth-order valence-electron chi connectivity index (χ4n) is 5.95. The molecule has 236 valence electrons. The van der Waals surface area contributed by atoms with E-state index in [1.54, 1.807) is 0 Å². The second-order valence-electron chi connectivity index (χ2n) is 11.8. The molecule has 0 radical (unpaired) electrons. The molecule has 2 fully saturated rings. The molecule has 0 spiro atoms. The number of piperidine rings is 1. The first-order valence-electron chi connectivity index (χ1n) is 16.2. The lowest BCUT2D eigenvalue weighted by Gasteiger charge is -2.24. The standard InChI is InChI=1S/C23H21N3O.C8H9FO.C7H15N/c1-15-12-21(23(27)26-11-3-4-16(26)2)20-13-19(9-10-22(20)25-15)18-7-5-17(14-24)6-8-18;1-2-6-5-7(10)3-4-8(6)9;1-2-8-6-4-3-5-7-8/h5-10,12-13,16H,3-4,11H2,1-2H3;3-5,10H,2H2,1H3;2-7H2,1H3. The number of nitriles is 1. The molecule has 6 rings (SSSR count). The van der Waals surface area contributed by atoms with Crippen LogP contribution in [-0.2, 0) is 6.42 Å². The maximum Gasteiger partial charge on any atom is 0.254 e. The number of rotatable bonds is 4. The van der Waals surface area contributed by atoms with Crippen LogP contribution in [0.3, 0.4) is 0 Å². The van der Waals surface area contributed by atoms with E-state index in [0.29, 0.717) is 17.5 Å². The summed E-state index contributed by atoms with van der Waals surface area (Å²) >= 11 is 0. The number of phenolic OH excluding ortho intramolecular Hbond substituents is 1. The topological polar surface area (TPSA) is 80.5 Å². The number of amides is 1. The van der Waals surface area contributed by atoms with Crippen molar-refractivity contribution in [1.29, 1.82) is 5.26 Å². The molecule has 7 heteroatoms. The van der Waals surface area contributed by atoms with Gasteiger partial charge in [0.1, 0.15) is 11.6 Å². The smallest absolute Gasteiger partial charge is 0.254 e. The number of aromatic hydroxyl groups is 1. The quantitative estimate of drug-likeness (QED) is 0.252. The van der Waals surface area contributed by atoms with Gasteiger partial charge >= 0.3 is 0 Å². The van der Waals surface area contributed by atoms with Gasteiger partial charge in [-0.2, -0.15) is 5.26 Å². The number of likely N-dealkylation sites (tertiary alicyclic amines) is 2. The molecule has 6 nitrogen and oxygen atoms in total. The highest BCUT2D eigenvalue weighted by atomic mass is 19.1. The molecular formula is C38H45FN4O2. The van der Waals surface area contributed by atoms with Gasteiger partial charge in [0.05, 0.1) is 22.7 Å². The van der Waals surface area contributed by atoms with Gasteiger partial charge in [0.25, 0.3) is 5.91 Å². The Bertz CT molecular complexity index is 1620. The van der Waals surface area contributed by atoms with E-state index in [-0.39, 0.29) is 23.5 Å². The number of aromatic nitrogens is 1. The number of carbonyl (C=O) groups is 1. The van der Waals surface area contributed by atoms with E-state index in [0.717, 1.165) is 52.7 Å². The van der Waals surface area contributed by atoms with Gasteiger partial charge in [-0.25, -0.2) is 4.39 Å². The average Bonchev–Trinajstić information content (AvgIpc) is 3.51. The van der Waals surface area contributed by atoms with Gasteiger partial charge < -0.3 is 14.9 Å². The molecule has 0 saturated carbocycles. The number of hydrogen-bond donors (Lipinski definition) is 1. The fraction of sp³-hybridized carbons (Fsp3) is 0.395. The van der Waals surface area contributed by atoms with E-state index in [2.05, 4.69) is 29.8 Å². The largest absolute Gasteiger partial charge is 0.508 e.